The van der Waals surface area contributed by atoms with Crippen LogP contribution in [0.2, 0.25) is 10.0 Å². The van der Waals surface area contributed by atoms with E-state index in [1.165, 1.54) is 18.0 Å². The molecule has 0 aliphatic heterocycles. The lowest BCUT2D eigenvalue weighted by atomic mass is 10.0. The molecule has 0 radical (unpaired) electrons. The average Bonchev–Trinajstić information content (AvgIpc) is 2.61. The second-order valence-corrected chi connectivity index (χ2v) is 8.04. The Morgan fingerprint density at radius 1 is 1.22 bits per heavy atom. The maximum Gasteiger partial charge on any atom is 0.326 e. The summed E-state index contributed by atoms with van der Waals surface area (Å²) in [4.78, 5) is 32.1. The third kappa shape index (κ3) is 6.68. The highest BCUT2D eigenvalue weighted by Crippen LogP contribution is 2.23. The molecule has 1 aromatic carbocycles. The van der Waals surface area contributed by atoms with Crippen LogP contribution in [-0.2, 0) is 10.5 Å². The molecule has 1 aromatic heterocycles. The van der Waals surface area contributed by atoms with E-state index >= 15 is 0 Å². The van der Waals surface area contributed by atoms with Crippen LogP contribution in [0.3, 0.4) is 0 Å². The van der Waals surface area contributed by atoms with Gasteiger partial charge in [0.2, 0.25) is 0 Å². The Balaban J connectivity index is 2.09. The summed E-state index contributed by atoms with van der Waals surface area (Å²) in [6, 6.07) is 6.36. The maximum absolute atomic E-state index is 12.5. The number of carbonyl (C=O) groups is 2. The van der Waals surface area contributed by atoms with Gasteiger partial charge >= 0.3 is 5.97 Å². The number of hydrogen-bond donors (Lipinski definition) is 2. The number of nitrogens with one attached hydrogen (secondary N) is 1. The summed E-state index contributed by atoms with van der Waals surface area (Å²) in [5, 5.41) is 12.8. The van der Waals surface area contributed by atoms with E-state index in [1.807, 2.05) is 26.0 Å². The molecule has 1 heterocycles. The number of benzene rings is 1. The first-order valence-corrected chi connectivity index (χ1v) is 9.94. The first-order chi connectivity index (χ1) is 12.8. The van der Waals surface area contributed by atoms with Crippen molar-refractivity contribution in [2.24, 2.45) is 5.92 Å². The fraction of sp³-hybridized carbons (Fsp3) is 0.333. The van der Waals surface area contributed by atoms with Gasteiger partial charge in [0, 0.05) is 10.8 Å². The molecule has 2 aromatic rings. The molecule has 0 spiro atoms. The van der Waals surface area contributed by atoms with Crippen molar-refractivity contribution in [2.75, 3.05) is 0 Å². The predicted molar refractivity (Wildman–Crippen MR) is 106 cm³/mol. The molecule has 6 nitrogen and oxygen atoms in total. The van der Waals surface area contributed by atoms with Gasteiger partial charge in [0.1, 0.15) is 6.04 Å². The fourth-order valence-electron chi connectivity index (χ4n) is 2.23. The van der Waals surface area contributed by atoms with E-state index in [-0.39, 0.29) is 16.6 Å². The molecular weight excluding hydrogens is 409 g/mol. The molecule has 1 unspecified atom stereocenters. The first-order valence-electron chi connectivity index (χ1n) is 8.19. The van der Waals surface area contributed by atoms with Gasteiger partial charge in [0.15, 0.2) is 10.9 Å². The first kappa shape index (κ1) is 21.5. The summed E-state index contributed by atoms with van der Waals surface area (Å²) in [5.74, 6) is -1.04. The van der Waals surface area contributed by atoms with Crippen molar-refractivity contribution in [2.45, 2.75) is 37.2 Å². The minimum atomic E-state index is -1.10. The van der Waals surface area contributed by atoms with Crippen molar-refractivity contribution in [1.82, 2.24) is 15.3 Å². The Labute approximate surface area is 171 Å². The summed E-state index contributed by atoms with van der Waals surface area (Å²) in [6.45, 7) is 3.76. The summed E-state index contributed by atoms with van der Waals surface area (Å²) >= 11 is 13.2. The largest absolute Gasteiger partial charge is 0.480 e. The SMILES string of the molecule is CC(C)CC(NC(=O)c1nc(SCc2ccc(Cl)cc2)ncc1Cl)C(=O)O. The van der Waals surface area contributed by atoms with Gasteiger partial charge in [0.05, 0.1) is 11.2 Å². The van der Waals surface area contributed by atoms with Gasteiger partial charge in [-0.05, 0) is 30.0 Å². The molecule has 27 heavy (non-hydrogen) atoms. The smallest absolute Gasteiger partial charge is 0.326 e. The van der Waals surface area contributed by atoms with E-state index < -0.39 is 17.9 Å². The normalized spacial score (nSPS) is 12.0. The van der Waals surface area contributed by atoms with Gasteiger partial charge in [-0.3, -0.25) is 4.79 Å². The monoisotopic (exact) mass is 427 g/mol. The molecule has 2 N–H and O–H groups in total. The number of halogens is 2. The van der Waals surface area contributed by atoms with Crippen LogP contribution in [0.15, 0.2) is 35.6 Å². The third-order valence-corrected chi connectivity index (χ3v) is 4.99. The molecule has 144 valence electrons. The Bertz CT molecular complexity index is 816. The zero-order chi connectivity index (χ0) is 20.0. The molecular formula is C18H19Cl2N3O3S. The number of hydrogen-bond acceptors (Lipinski definition) is 5. The molecule has 2 rings (SSSR count). The summed E-state index contributed by atoms with van der Waals surface area (Å²) in [6.07, 6.45) is 1.65. The lowest BCUT2D eigenvalue weighted by molar-refractivity contribution is -0.139. The lowest BCUT2D eigenvalue weighted by Gasteiger charge is -2.16. The molecule has 0 saturated carbocycles. The second-order valence-electron chi connectivity index (χ2n) is 6.26. The van der Waals surface area contributed by atoms with E-state index in [9.17, 15) is 14.7 Å². The molecule has 1 amide bonds. The highest BCUT2D eigenvalue weighted by atomic mass is 35.5. The van der Waals surface area contributed by atoms with E-state index in [0.717, 1.165) is 5.56 Å². The van der Waals surface area contributed by atoms with Crippen molar-refractivity contribution < 1.29 is 14.7 Å². The second kappa shape index (κ2) is 9.92. The van der Waals surface area contributed by atoms with Crippen LogP contribution in [-0.4, -0.2) is 33.0 Å². The van der Waals surface area contributed by atoms with Gasteiger partial charge < -0.3 is 10.4 Å². The zero-order valence-electron chi connectivity index (χ0n) is 14.8. The third-order valence-electron chi connectivity index (χ3n) is 3.53. The Morgan fingerprint density at radius 2 is 1.89 bits per heavy atom. The molecule has 0 fully saturated rings. The number of carbonyl (C=O) groups excluding carboxylic acids is 1. The van der Waals surface area contributed by atoms with E-state index in [0.29, 0.717) is 22.4 Å². The van der Waals surface area contributed by atoms with E-state index in [1.54, 1.807) is 12.1 Å². The molecule has 1 atom stereocenters. The summed E-state index contributed by atoms with van der Waals surface area (Å²) in [7, 11) is 0. The number of amides is 1. The van der Waals surface area contributed by atoms with Crippen LogP contribution < -0.4 is 5.32 Å². The Hall–Kier alpha value is -1.83. The van der Waals surface area contributed by atoms with Gasteiger partial charge in [-0.15, -0.1) is 0 Å². The van der Waals surface area contributed by atoms with Crippen molar-refractivity contribution in [1.29, 1.82) is 0 Å². The van der Waals surface area contributed by atoms with Crippen LogP contribution in [0.4, 0.5) is 0 Å². The fourth-order valence-corrected chi connectivity index (χ4v) is 3.30. The van der Waals surface area contributed by atoms with Crippen LogP contribution in [0.1, 0.15) is 36.3 Å². The van der Waals surface area contributed by atoms with Crippen LogP contribution in [0.5, 0.6) is 0 Å². The highest BCUT2D eigenvalue weighted by Gasteiger charge is 2.24. The van der Waals surface area contributed by atoms with Crippen LogP contribution >= 0.6 is 35.0 Å². The minimum absolute atomic E-state index is 0.0414. The minimum Gasteiger partial charge on any atom is -0.480 e. The molecule has 9 heteroatoms. The van der Waals surface area contributed by atoms with Gasteiger partial charge in [-0.2, -0.15) is 0 Å². The highest BCUT2D eigenvalue weighted by molar-refractivity contribution is 7.98. The molecule has 0 bridgehead atoms. The average molecular weight is 428 g/mol. The topological polar surface area (TPSA) is 92.2 Å². The summed E-state index contributed by atoms with van der Waals surface area (Å²) < 4.78 is 0. The number of carboxylic acids is 1. The standard InChI is InChI=1S/C18H19Cl2N3O3S/c1-10(2)7-14(17(25)26)22-16(24)15-13(20)8-21-18(23-15)27-9-11-3-5-12(19)6-4-11/h3-6,8,10,14H,7,9H2,1-2H3,(H,22,24)(H,25,26). The zero-order valence-corrected chi connectivity index (χ0v) is 17.1. The van der Waals surface area contributed by atoms with Crippen molar-refractivity contribution in [3.63, 3.8) is 0 Å². The van der Waals surface area contributed by atoms with Crippen LogP contribution in [0.25, 0.3) is 0 Å². The Kier molecular flexibility index (Phi) is 7.89. The van der Waals surface area contributed by atoms with Crippen molar-refractivity contribution >= 4 is 46.8 Å². The van der Waals surface area contributed by atoms with E-state index in [4.69, 9.17) is 23.2 Å². The number of nitrogens with zero attached hydrogens (tertiary/aromatic N) is 2. The number of rotatable bonds is 8. The quantitative estimate of drug-likeness (QED) is 0.481. The molecule has 0 saturated heterocycles. The number of carboxylic acid groups (broad SMARTS) is 1. The lowest BCUT2D eigenvalue weighted by Crippen LogP contribution is -2.42. The predicted octanol–water partition coefficient (Wildman–Crippen LogP) is 4.30. The van der Waals surface area contributed by atoms with Crippen molar-refractivity contribution in [3.05, 3.63) is 51.8 Å². The molecule has 0 aliphatic carbocycles. The maximum atomic E-state index is 12.5. The number of aliphatic carboxylic acids is 1. The number of aromatic nitrogens is 2. The van der Waals surface area contributed by atoms with Gasteiger partial charge in [-0.1, -0.05) is 60.9 Å². The Morgan fingerprint density at radius 3 is 2.48 bits per heavy atom. The van der Waals surface area contributed by atoms with Gasteiger partial charge in [-0.25, -0.2) is 14.8 Å². The molecule has 0 aliphatic rings. The van der Waals surface area contributed by atoms with E-state index in [2.05, 4.69) is 15.3 Å². The van der Waals surface area contributed by atoms with Gasteiger partial charge in [0.25, 0.3) is 5.91 Å². The summed E-state index contributed by atoms with van der Waals surface area (Å²) in [5.41, 5.74) is 0.983. The van der Waals surface area contributed by atoms with Crippen LogP contribution in [0, 0.1) is 5.92 Å². The van der Waals surface area contributed by atoms with Crippen molar-refractivity contribution in [3.8, 4) is 0 Å². The number of thioether (sulfide) groups is 1.